The second kappa shape index (κ2) is 9.86. The Balaban J connectivity index is 1.85. The Bertz CT molecular complexity index is 1040. The molecule has 32 heavy (non-hydrogen) atoms. The summed E-state index contributed by atoms with van der Waals surface area (Å²) in [7, 11) is 0. The zero-order valence-electron chi connectivity index (χ0n) is 16.6. The minimum absolute atomic E-state index is 0.157. The molecule has 0 radical (unpaired) electrons. The summed E-state index contributed by atoms with van der Waals surface area (Å²) in [5.41, 5.74) is 0.585. The summed E-state index contributed by atoms with van der Waals surface area (Å²) in [5.74, 6) is 0. The number of halogens is 3. The number of anilines is 1. The number of carboxylic acid groups (broad SMARTS) is 1. The van der Waals surface area contributed by atoms with Gasteiger partial charge in [-0.1, -0.05) is 60.7 Å². The van der Waals surface area contributed by atoms with Crippen molar-refractivity contribution in [2.45, 2.75) is 18.3 Å². The Labute approximate surface area is 182 Å². The molecular weight excluding hydrogens is 423 g/mol. The maximum Gasteiger partial charge on any atom is 0.416 e. The lowest BCUT2D eigenvalue weighted by Gasteiger charge is -2.29. The molecule has 0 saturated heterocycles. The quantitative estimate of drug-likeness (QED) is 0.401. The first-order chi connectivity index (χ1) is 15.2. The molecule has 0 bridgehead atoms. The standard InChI is InChI=1S/C23H20F3N3O3/c24-23(25,26)17-11-13-18(14-12-17)27-21(30)28-19(15-7-3-1-4-8-15)20(29-22(31)32)16-9-5-2-6-10-16/h1-14,19-20,29H,(H,31,32)(H2,27,28,30)/t19-,20-/m0/s1. The highest BCUT2D eigenvalue weighted by Gasteiger charge is 2.30. The van der Waals surface area contributed by atoms with Gasteiger partial charge in [0.15, 0.2) is 0 Å². The van der Waals surface area contributed by atoms with Crippen LogP contribution in [-0.4, -0.2) is 17.2 Å². The fraction of sp³-hybridized carbons (Fsp3) is 0.130. The van der Waals surface area contributed by atoms with Gasteiger partial charge in [-0.15, -0.1) is 0 Å². The van der Waals surface area contributed by atoms with E-state index in [0.29, 0.717) is 11.1 Å². The normalized spacial score (nSPS) is 13.0. The van der Waals surface area contributed by atoms with Crippen molar-refractivity contribution >= 4 is 17.8 Å². The first-order valence-corrected chi connectivity index (χ1v) is 9.58. The minimum Gasteiger partial charge on any atom is -0.465 e. The molecule has 0 spiro atoms. The Kier molecular flexibility index (Phi) is 6.99. The van der Waals surface area contributed by atoms with Crippen molar-refractivity contribution in [1.29, 1.82) is 0 Å². The Morgan fingerprint density at radius 2 is 1.19 bits per heavy atom. The van der Waals surface area contributed by atoms with Crippen LogP contribution in [0, 0.1) is 0 Å². The van der Waals surface area contributed by atoms with Crippen LogP contribution in [0.1, 0.15) is 28.8 Å². The lowest BCUT2D eigenvalue weighted by atomic mass is 9.93. The highest BCUT2D eigenvalue weighted by molar-refractivity contribution is 5.89. The van der Waals surface area contributed by atoms with Crippen molar-refractivity contribution in [3.05, 3.63) is 102 Å². The van der Waals surface area contributed by atoms with Gasteiger partial charge in [0.2, 0.25) is 0 Å². The second-order valence-corrected chi connectivity index (χ2v) is 6.90. The second-order valence-electron chi connectivity index (χ2n) is 6.90. The maximum absolute atomic E-state index is 12.7. The summed E-state index contributed by atoms with van der Waals surface area (Å²) in [5, 5.41) is 17.0. The van der Waals surface area contributed by atoms with Gasteiger partial charge in [-0.2, -0.15) is 13.2 Å². The summed E-state index contributed by atoms with van der Waals surface area (Å²) < 4.78 is 38.2. The summed E-state index contributed by atoms with van der Waals surface area (Å²) >= 11 is 0. The molecular formula is C23H20F3N3O3. The van der Waals surface area contributed by atoms with E-state index in [1.165, 1.54) is 0 Å². The van der Waals surface area contributed by atoms with Crippen molar-refractivity contribution in [2.24, 2.45) is 0 Å². The molecule has 3 amide bonds. The van der Waals surface area contributed by atoms with E-state index in [2.05, 4.69) is 16.0 Å². The number of hydrogen-bond donors (Lipinski definition) is 4. The topological polar surface area (TPSA) is 90.5 Å². The summed E-state index contributed by atoms with van der Waals surface area (Å²) in [4.78, 5) is 24.2. The van der Waals surface area contributed by atoms with Crippen LogP contribution in [0.2, 0.25) is 0 Å². The summed E-state index contributed by atoms with van der Waals surface area (Å²) in [6.07, 6.45) is -5.75. The summed E-state index contributed by atoms with van der Waals surface area (Å²) in [6.45, 7) is 0. The molecule has 0 fully saturated rings. The molecule has 3 rings (SSSR count). The van der Waals surface area contributed by atoms with Gasteiger partial charge in [0, 0.05) is 5.69 Å². The molecule has 166 valence electrons. The van der Waals surface area contributed by atoms with Crippen LogP contribution in [0.3, 0.4) is 0 Å². The zero-order chi connectivity index (χ0) is 23.1. The molecule has 0 heterocycles. The van der Waals surface area contributed by atoms with Gasteiger partial charge in [0.1, 0.15) is 0 Å². The number of carbonyl (C=O) groups excluding carboxylic acids is 1. The van der Waals surface area contributed by atoms with Crippen molar-refractivity contribution in [3.8, 4) is 0 Å². The molecule has 0 aliphatic rings. The maximum atomic E-state index is 12.7. The van der Waals surface area contributed by atoms with E-state index >= 15 is 0 Å². The molecule has 3 aromatic carbocycles. The average Bonchev–Trinajstić information content (AvgIpc) is 2.77. The van der Waals surface area contributed by atoms with Crippen LogP contribution < -0.4 is 16.0 Å². The Morgan fingerprint density at radius 3 is 1.62 bits per heavy atom. The van der Waals surface area contributed by atoms with Gasteiger partial charge in [0.05, 0.1) is 17.6 Å². The number of urea groups is 1. The molecule has 0 saturated carbocycles. The SMILES string of the molecule is O=C(O)N[C@@H](c1ccccc1)[C@@H](NC(=O)Nc1ccc(C(F)(F)F)cc1)c1ccccc1. The predicted molar refractivity (Wildman–Crippen MR) is 113 cm³/mol. The van der Waals surface area contributed by atoms with E-state index in [9.17, 15) is 27.9 Å². The van der Waals surface area contributed by atoms with E-state index in [1.54, 1.807) is 60.7 Å². The number of carbonyl (C=O) groups is 2. The van der Waals surface area contributed by atoms with Gasteiger partial charge in [0.25, 0.3) is 0 Å². The molecule has 6 nitrogen and oxygen atoms in total. The van der Waals surface area contributed by atoms with E-state index in [4.69, 9.17) is 0 Å². The highest BCUT2D eigenvalue weighted by atomic mass is 19.4. The number of amides is 3. The average molecular weight is 443 g/mol. The van der Waals surface area contributed by atoms with E-state index in [1.807, 2.05) is 0 Å². The number of rotatable bonds is 6. The lowest BCUT2D eigenvalue weighted by molar-refractivity contribution is -0.137. The first kappa shape index (κ1) is 22.7. The number of hydrogen-bond acceptors (Lipinski definition) is 2. The third kappa shape index (κ3) is 6.00. The molecule has 0 aliphatic heterocycles. The van der Waals surface area contributed by atoms with E-state index in [0.717, 1.165) is 24.3 Å². The number of benzene rings is 3. The van der Waals surface area contributed by atoms with Gasteiger partial charge >= 0.3 is 18.3 Å². The van der Waals surface area contributed by atoms with E-state index < -0.39 is 35.9 Å². The monoisotopic (exact) mass is 443 g/mol. The molecule has 4 N–H and O–H groups in total. The first-order valence-electron chi connectivity index (χ1n) is 9.58. The van der Waals surface area contributed by atoms with Crippen molar-refractivity contribution in [3.63, 3.8) is 0 Å². The molecule has 0 unspecified atom stereocenters. The van der Waals surface area contributed by atoms with Crippen molar-refractivity contribution < 1.29 is 27.9 Å². The van der Waals surface area contributed by atoms with E-state index in [-0.39, 0.29) is 5.69 Å². The fourth-order valence-corrected chi connectivity index (χ4v) is 3.22. The van der Waals surface area contributed by atoms with Crippen LogP contribution in [0.25, 0.3) is 0 Å². The van der Waals surface area contributed by atoms with Gasteiger partial charge in [-0.05, 0) is 35.4 Å². The largest absolute Gasteiger partial charge is 0.465 e. The zero-order valence-corrected chi connectivity index (χ0v) is 16.6. The van der Waals surface area contributed by atoms with Gasteiger partial charge in [-0.25, -0.2) is 9.59 Å². The molecule has 0 aliphatic carbocycles. The number of alkyl halides is 3. The molecule has 0 aromatic heterocycles. The van der Waals surface area contributed by atoms with Crippen LogP contribution in [0.5, 0.6) is 0 Å². The van der Waals surface area contributed by atoms with Crippen LogP contribution in [0.15, 0.2) is 84.9 Å². The smallest absolute Gasteiger partial charge is 0.416 e. The molecule has 9 heteroatoms. The Hall–Kier alpha value is -4.01. The summed E-state index contributed by atoms with van der Waals surface area (Å²) in [6, 6.07) is 19.2. The van der Waals surface area contributed by atoms with Crippen LogP contribution in [0.4, 0.5) is 28.4 Å². The lowest BCUT2D eigenvalue weighted by Crippen LogP contribution is -2.41. The van der Waals surface area contributed by atoms with Crippen molar-refractivity contribution in [2.75, 3.05) is 5.32 Å². The molecule has 3 aromatic rings. The number of nitrogens with one attached hydrogen (secondary N) is 3. The minimum atomic E-state index is -4.48. The van der Waals surface area contributed by atoms with Gasteiger partial charge in [-0.3, -0.25) is 0 Å². The molecule has 2 atom stereocenters. The fourth-order valence-electron chi connectivity index (χ4n) is 3.22. The van der Waals surface area contributed by atoms with Crippen LogP contribution >= 0.6 is 0 Å². The predicted octanol–water partition coefficient (Wildman–Crippen LogP) is 5.58. The highest BCUT2D eigenvalue weighted by Crippen LogP contribution is 2.31. The Morgan fingerprint density at radius 1 is 0.719 bits per heavy atom. The third-order valence-corrected chi connectivity index (χ3v) is 4.69. The third-order valence-electron chi connectivity index (χ3n) is 4.69. The van der Waals surface area contributed by atoms with Gasteiger partial charge < -0.3 is 21.1 Å². The van der Waals surface area contributed by atoms with Crippen LogP contribution in [-0.2, 0) is 6.18 Å². The van der Waals surface area contributed by atoms with Crippen molar-refractivity contribution in [1.82, 2.24) is 10.6 Å².